The number of carbonyl (C=O) groups excluding carboxylic acids is 5. The van der Waals surface area contributed by atoms with Gasteiger partial charge >= 0.3 is 17.6 Å². The standard InChI is InChI=1S/C26H28N4O9/c1-38-19(32)12-30-25(36)21(22(27)28(26(30)37)11-15-7-3-2-4-8-15)18(31)14-39-20(33)13-29-23(34)16-9-5-6-10-17(16)24(29)35/h2-4,7-8,16-17H,5-6,9-14,27H2,1H3. The molecule has 4 rings (SSSR count). The van der Waals surface area contributed by atoms with Crippen LogP contribution in [0.25, 0.3) is 0 Å². The SMILES string of the molecule is COC(=O)Cn1c(=O)c(C(=O)COC(=O)CN2C(=O)C3CCCCC3C2=O)c(N)n(Cc2ccccc2)c1=O. The van der Waals surface area contributed by atoms with Crippen LogP contribution in [0.1, 0.15) is 41.6 Å². The van der Waals surface area contributed by atoms with Gasteiger partial charge in [-0.2, -0.15) is 0 Å². The fourth-order valence-electron chi connectivity index (χ4n) is 5.01. The molecule has 1 saturated carbocycles. The zero-order valence-electron chi connectivity index (χ0n) is 21.3. The lowest BCUT2D eigenvalue weighted by Crippen LogP contribution is -2.46. The number of rotatable bonds is 9. The molecule has 2 fully saturated rings. The number of carbonyl (C=O) groups is 5. The molecule has 13 nitrogen and oxygen atoms in total. The summed E-state index contributed by atoms with van der Waals surface area (Å²) in [5.74, 6) is -5.18. The lowest BCUT2D eigenvalue weighted by molar-refractivity contribution is -0.152. The van der Waals surface area contributed by atoms with E-state index >= 15 is 0 Å². The van der Waals surface area contributed by atoms with Gasteiger partial charge in [0.15, 0.2) is 6.61 Å². The molecule has 0 spiro atoms. The maximum absolute atomic E-state index is 13.1. The smallest absolute Gasteiger partial charge is 0.333 e. The molecule has 1 saturated heterocycles. The molecule has 2 N–H and O–H groups in total. The Morgan fingerprint density at radius 3 is 2.10 bits per heavy atom. The average Bonchev–Trinajstić information content (AvgIpc) is 3.17. The second-order valence-corrected chi connectivity index (χ2v) is 9.43. The maximum Gasteiger partial charge on any atom is 0.333 e. The van der Waals surface area contributed by atoms with E-state index in [2.05, 4.69) is 4.74 Å². The molecule has 2 aliphatic rings. The number of methoxy groups -OCH3 is 1. The quantitative estimate of drug-likeness (QED) is 0.253. The summed E-state index contributed by atoms with van der Waals surface area (Å²) < 4.78 is 11.0. The first-order valence-electron chi connectivity index (χ1n) is 12.4. The van der Waals surface area contributed by atoms with E-state index in [1.807, 2.05) is 0 Å². The van der Waals surface area contributed by atoms with E-state index in [1.54, 1.807) is 30.3 Å². The molecular weight excluding hydrogens is 512 g/mol. The normalized spacial score (nSPS) is 18.5. The van der Waals surface area contributed by atoms with E-state index in [0.29, 0.717) is 23.0 Å². The van der Waals surface area contributed by atoms with Gasteiger partial charge in [0.2, 0.25) is 17.6 Å². The van der Waals surface area contributed by atoms with Crippen molar-refractivity contribution in [2.75, 3.05) is 26.0 Å². The third kappa shape index (κ3) is 5.52. The molecule has 39 heavy (non-hydrogen) atoms. The number of hydrogen-bond acceptors (Lipinski definition) is 10. The van der Waals surface area contributed by atoms with Crippen molar-refractivity contribution < 1.29 is 33.4 Å². The molecule has 2 amide bonds. The van der Waals surface area contributed by atoms with Crippen LogP contribution >= 0.6 is 0 Å². The van der Waals surface area contributed by atoms with E-state index in [9.17, 15) is 33.6 Å². The highest BCUT2D eigenvalue weighted by Crippen LogP contribution is 2.37. The number of anilines is 1. The minimum absolute atomic E-state index is 0.117. The molecule has 2 aromatic rings. The van der Waals surface area contributed by atoms with Crippen LogP contribution < -0.4 is 17.0 Å². The molecule has 13 heteroatoms. The third-order valence-corrected chi connectivity index (χ3v) is 7.03. The van der Waals surface area contributed by atoms with E-state index in [0.717, 1.165) is 29.4 Å². The number of amides is 2. The largest absolute Gasteiger partial charge is 0.468 e. The Morgan fingerprint density at radius 2 is 1.51 bits per heavy atom. The average molecular weight is 541 g/mol. The van der Waals surface area contributed by atoms with Gasteiger partial charge in [-0.25, -0.2) is 9.36 Å². The summed E-state index contributed by atoms with van der Waals surface area (Å²) in [6.45, 7) is -2.49. The summed E-state index contributed by atoms with van der Waals surface area (Å²) in [4.78, 5) is 89.5. The fraction of sp³-hybridized carbons (Fsp3) is 0.423. The van der Waals surface area contributed by atoms with Crippen molar-refractivity contribution in [2.45, 2.75) is 38.8 Å². The molecule has 206 valence electrons. The lowest BCUT2D eigenvalue weighted by Gasteiger charge is -2.19. The third-order valence-electron chi connectivity index (χ3n) is 7.03. The van der Waals surface area contributed by atoms with Crippen molar-refractivity contribution in [2.24, 2.45) is 11.8 Å². The first kappa shape index (κ1) is 27.5. The van der Waals surface area contributed by atoms with Crippen molar-refractivity contribution in [1.82, 2.24) is 14.0 Å². The Labute approximate surface area is 222 Å². The molecule has 2 atom stereocenters. The van der Waals surface area contributed by atoms with Gasteiger partial charge in [-0.3, -0.25) is 38.2 Å². The van der Waals surface area contributed by atoms with Crippen LogP contribution in [0.3, 0.4) is 0 Å². The molecule has 2 heterocycles. The summed E-state index contributed by atoms with van der Waals surface area (Å²) in [7, 11) is 1.07. The van der Waals surface area contributed by atoms with Crippen LogP contribution in [0.15, 0.2) is 39.9 Å². The van der Waals surface area contributed by atoms with Crippen molar-refractivity contribution in [3.05, 3.63) is 62.3 Å². The van der Waals surface area contributed by atoms with Crippen LogP contribution in [0.5, 0.6) is 0 Å². The molecule has 0 bridgehead atoms. The highest BCUT2D eigenvalue weighted by atomic mass is 16.5. The number of ether oxygens (including phenoxy) is 2. The monoisotopic (exact) mass is 540 g/mol. The summed E-state index contributed by atoms with van der Waals surface area (Å²) >= 11 is 0. The van der Waals surface area contributed by atoms with Gasteiger partial charge < -0.3 is 15.2 Å². The van der Waals surface area contributed by atoms with Gasteiger partial charge in [0.1, 0.15) is 24.5 Å². The molecule has 1 aromatic carbocycles. The zero-order chi connectivity index (χ0) is 28.3. The number of nitrogens with zero attached hydrogens (tertiary/aromatic N) is 3. The number of Topliss-reactive ketones (excluding diaryl/α,β-unsaturated/α-hetero) is 1. The van der Waals surface area contributed by atoms with Gasteiger partial charge in [-0.15, -0.1) is 0 Å². The second kappa shape index (κ2) is 11.5. The number of ketones is 1. The van der Waals surface area contributed by atoms with E-state index in [1.165, 1.54) is 0 Å². The Balaban J connectivity index is 1.55. The van der Waals surface area contributed by atoms with E-state index < -0.39 is 83.7 Å². The summed E-state index contributed by atoms with van der Waals surface area (Å²) in [5.41, 5.74) is 3.97. The molecule has 1 aliphatic heterocycles. The van der Waals surface area contributed by atoms with Gasteiger partial charge in [0.05, 0.1) is 25.5 Å². The number of imide groups is 1. The molecule has 0 radical (unpaired) electrons. The number of nitrogen functional groups attached to an aromatic ring is 1. The van der Waals surface area contributed by atoms with Crippen LogP contribution in [0.2, 0.25) is 0 Å². The van der Waals surface area contributed by atoms with Gasteiger partial charge in [0.25, 0.3) is 5.56 Å². The Morgan fingerprint density at radius 1 is 0.897 bits per heavy atom. The Kier molecular flexibility index (Phi) is 8.07. The van der Waals surface area contributed by atoms with Crippen molar-refractivity contribution in [3.8, 4) is 0 Å². The van der Waals surface area contributed by atoms with Gasteiger partial charge in [0, 0.05) is 0 Å². The number of benzene rings is 1. The predicted octanol–water partition coefficient (Wildman–Crippen LogP) is -0.285. The number of esters is 2. The summed E-state index contributed by atoms with van der Waals surface area (Å²) in [6.07, 6.45) is 2.81. The van der Waals surface area contributed by atoms with Crippen LogP contribution in [0.4, 0.5) is 5.82 Å². The second-order valence-electron chi connectivity index (χ2n) is 9.43. The van der Waals surface area contributed by atoms with Crippen LogP contribution in [-0.4, -0.2) is 63.8 Å². The fourth-order valence-corrected chi connectivity index (χ4v) is 5.01. The minimum Gasteiger partial charge on any atom is -0.468 e. The van der Waals surface area contributed by atoms with Crippen LogP contribution in [-0.2, 0) is 41.7 Å². The van der Waals surface area contributed by atoms with Gasteiger partial charge in [-0.1, -0.05) is 43.2 Å². The first-order valence-corrected chi connectivity index (χ1v) is 12.4. The maximum atomic E-state index is 13.1. The van der Waals surface area contributed by atoms with E-state index in [-0.39, 0.29) is 6.54 Å². The molecular formula is C26H28N4O9. The summed E-state index contributed by atoms with van der Waals surface area (Å²) in [5, 5.41) is 0. The van der Waals surface area contributed by atoms with E-state index in [4.69, 9.17) is 10.5 Å². The number of fused-ring (bicyclic) bond motifs is 1. The number of likely N-dealkylation sites (tertiary alicyclic amines) is 1. The Bertz CT molecular complexity index is 1420. The molecule has 1 aliphatic carbocycles. The topological polar surface area (TPSA) is 177 Å². The number of hydrogen-bond donors (Lipinski definition) is 1. The lowest BCUT2D eigenvalue weighted by atomic mass is 9.81. The van der Waals surface area contributed by atoms with Gasteiger partial charge in [-0.05, 0) is 18.4 Å². The first-order chi connectivity index (χ1) is 18.6. The summed E-state index contributed by atoms with van der Waals surface area (Å²) in [6, 6.07) is 8.59. The van der Waals surface area contributed by atoms with Crippen molar-refractivity contribution >= 4 is 35.4 Å². The van der Waals surface area contributed by atoms with Crippen molar-refractivity contribution in [3.63, 3.8) is 0 Å². The Hall–Kier alpha value is -4.55. The molecule has 1 aromatic heterocycles. The van der Waals surface area contributed by atoms with Crippen molar-refractivity contribution in [1.29, 1.82) is 0 Å². The zero-order valence-corrected chi connectivity index (χ0v) is 21.3. The van der Waals surface area contributed by atoms with Crippen LogP contribution in [0, 0.1) is 11.8 Å². The number of aromatic nitrogens is 2. The highest BCUT2D eigenvalue weighted by Gasteiger charge is 2.48. The highest BCUT2D eigenvalue weighted by molar-refractivity contribution is 6.07. The predicted molar refractivity (Wildman–Crippen MR) is 134 cm³/mol. The molecule has 2 unspecified atom stereocenters. The number of nitrogens with two attached hydrogens (primary N) is 1. The minimum atomic E-state index is -1.15.